The topological polar surface area (TPSA) is 44.1 Å². The molecule has 84 valence electrons. The highest BCUT2D eigenvalue weighted by Crippen LogP contribution is 2.02. The van der Waals surface area contributed by atoms with Crippen LogP contribution in [0.15, 0.2) is 15.5 Å². The number of halogens is 1. The molecule has 5 heteroatoms. The number of hydrogen-bond donors (Lipinski definition) is 0. The van der Waals surface area contributed by atoms with Crippen LogP contribution < -0.4 is 5.56 Å². The molecule has 0 spiro atoms. The molecule has 0 saturated heterocycles. The summed E-state index contributed by atoms with van der Waals surface area (Å²) in [7, 11) is 0. The number of hydrogen-bond acceptors (Lipinski definition) is 3. The van der Waals surface area contributed by atoms with Gasteiger partial charge in [0.15, 0.2) is 0 Å². The summed E-state index contributed by atoms with van der Waals surface area (Å²) in [5, 5.41) is 0. The van der Waals surface area contributed by atoms with Crippen LogP contribution >= 0.6 is 15.9 Å². The zero-order chi connectivity index (χ0) is 11.3. The molecule has 1 aromatic rings. The Balaban J connectivity index is 2.68. The van der Waals surface area contributed by atoms with E-state index < -0.39 is 0 Å². The number of ether oxygens (including phenoxy) is 1. The van der Waals surface area contributed by atoms with Crippen molar-refractivity contribution >= 4 is 15.9 Å². The van der Waals surface area contributed by atoms with Crippen molar-refractivity contribution in [2.45, 2.75) is 26.8 Å². The van der Waals surface area contributed by atoms with Crippen molar-refractivity contribution < 1.29 is 4.74 Å². The van der Waals surface area contributed by atoms with Crippen LogP contribution in [0.4, 0.5) is 0 Å². The first-order valence-corrected chi connectivity index (χ1v) is 5.75. The first-order chi connectivity index (χ1) is 7.16. The Morgan fingerprint density at radius 3 is 3.00 bits per heavy atom. The Morgan fingerprint density at radius 1 is 1.60 bits per heavy atom. The van der Waals surface area contributed by atoms with Crippen molar-refractivity contribution in [3.8, 4) is 0 Å². The van der Waals surface area contributed by atoms with Crippen LogP contribution in [0.5, 0.6) is 0 Å². The lowest BCUT2D eigenvalue weighted by atomic mass is 10.4. The summed E-state index contributed by atoms with van der Waals surface area (Å²) >= 11 is 3.18. The Hall–Kier alpha value is -0.680. The van der Waals surface area contributed by atoms with Crippen LogP contribution in [0, 0.1) is 6.92 Å². The second-order valence-corrected chi connectivity index (χ2v) is 4.01. The zero-order valence-corrected chi connectivity index (χ0v) is 10.6. The third-order valence-corrected chi connectivity index (χ3v) is 2.62. The maximum Gasteiger partial charge on any atom is 0.267 e. The van der Waals surface area contributed by atoms with Gasteiger partial charge >= 0.3 is 0 Å². The first-order valence-electron chi connectivity index (χ1n) is 4.96. The van der Waals surface area contributed by atoms with Gasteiger partial charge in [0, 0.05) is 26.0 Å². The summed E-state index contributed by atoms with van der Waals surface area (Å²) in [5.41, 5.74) is -0.0287. The molecule has 0 radical (unpaired) electrons. The second-order valence-electron chi connectivity index (χ2n) is 3.16. The van der Waals surface area contributed by atoms with Gasteiger partial charge in [0.1, 0.15) is 10.3 Å². The minimum absolute atomic E-state index is 0.0287. The molecule has 0 N–H and O–H groups in total. The van der Waals surface area contributed by atoms with Gasteiger partial charge in [0.2, 0.25) is 0 Å². The summed E-state index contributed by atoms with van der Waals surface area (Å²) in [6, 6.07) is 0. The number of rotatable bonds is 5. The Labute approximate surface area is 97.4 Å². The number of aromatic nitrogens is 2. The summed E-state index contributed by atoms with van der Waals surface area (Å²) < 4.78 is 7.38. The smallest absolute Gasteiger partial charge is 0.267 e. The molecule has 0 aromatic carbocycles. The van der Waals surface area contributed by atoms with Gasteiger partial charge in [-0.2, -0.15) is 0 Å². The van der Waals surface area contributed by atoms with Crippen LogP contribution in [-0.2, 0) is 11.3 Å². The molecule has 0 fully saturated rings. The third kappa shape index (κ3) is 3.43. The minimum atomic E-state index is -0.0287. The molecule has 0 atom stereocenters. The lowest BCUT2D eigenvalue weighted by Gasteiger charge is -2.08. The number of aryl methyl sites for hydroxylation is 1. The SMILES string of the molecule is CCOCCCn1c(C)ncc(Br)c1=O. The van der Waals surface area contributed by atoms with Gasteiger partial charge in [-0.3, -0.25) is 9.36 Å². The Kier molecular flexibility index (Phi) is 4.98. The van der Waals surface area contributed by atoms with Crippen molar-refractivity contribution in [2.75, 3.05) is 13.2 Å². The summed E-state index contributed by atoms with van der Waals surface area (Å²) in [5.74, 6) is 0.736. The molecular formula is C10H15BrN2O2. The first kappa shape index (κ1) is 12.4. The largest absolute Gasteiger partial charge is 0.382 e. The average Bonchev–Trinajstić information content (AvgIpc) is 2.23. The molecule has 0 saturated carbocycles. The van der Waals surface area contributed by atoms with Crippen molar-refractivity contribution in [1.82, 2.24) is 9.55 Å². The molecule has 0 unspecified atom stereocenters. The summed E-state index contributed by atoms with van der Waals surface area (Å²) in [4.78, 5) is 15.8. The maximum atomic E-state index is 11.7. The van der Waals surface area contributed by atoms with Gasteiger partial charge in [0.05, 0.1) is 0 Å². The molecule has 4 nitrogen and oxygen atoms in total. The molecule has 1 aromatic heterocycles. The predicted octanol–water partition coefficient (Wildman–Crippen LogP) is 1.74. The second kappa shape index (κ2) is 6.02. The fourth-order valence-electron chi connectivity index (χ4n) is 1.28. The van der Waals surface area contributed by atoms with Gasteiger partial charge in [-0.1, -0.05) is 0 Å². The lowest BCUT2D eigenvalue weighted by molar-refractivity contribution is 0.141. The average molecular weight is 275 g/mol. The predicted molar refractivity (Wildman–Crippen MR) is 62.0 cm³/mol. The van der Waals surface area contributed by atoms with E-state index in [2.05, 4.69) is 20.9 Å². The van der Waals surface area contributed by atoms with E-state index >= 15 is 0 Å². The third-order valence-electron chi connectivity index (χ3n) is 2.08. The van der Waals surface area contributed by atoms with Gasteiger partial charge < -0.3 is 4.74 Å². The van der Waals surface area contributed by atoms with E-state index in [0.717, 1.165) is 12.2 Å². The lowest BCUT2D eigenvalue weighted by Crippen LogP contribution is -2.24. The fourth-order valence-corrected chi connectivity index (χ4v) is 1.60. The summed E-state index contributed by atoms with van der Waals surface area (Å²) in [6.07, 6.45) is 2.36. The highest BCUT2D eigenvalue weighted by Gasteiger charge is 2.04. The van der Waals surface area contributed by atoms with Crippen LogP contribution in [0.1, 0.15) is 19.2 Å². The molecule has 0 amide bonds. The molecule has 0 aliphatic heterocycles. The summed E-state index contributed by atoms with van der Waals surface area (Å²) in [6.45, 7) is 5.82. The molecule has 0 bridgehead atoms. The standard InChI is InChI=1S/C10H15BrN2O2/c1-3-15-6-4-5-13-8(2)12-7-9(11)10(13)14/h7H,3-6H2,1-2H3. The fraction of sp³-hybridized carbons (Fsp3) is 0.600. The van der Waals surface area contributed by atoms with E-state index in [0.29, 0.717) is 24.2 Å². The van der Waals surface area contributed by atoms with E-state index in [-0.39, 0.29) is 5.56 Å². The monoisotopic (exact) mass is 274 g/mol. The van der Waals surface area contributed by atoms with E-state index in [9.17, 15) is 4.79 Å². The van der Waals surface area contributed by atoms with E-state index in [1.54, 1.807) is 4.57 Å². The quantitative estimate of drug-likeness (QED) is 0.769. The van der Waals surface area contributed by atoms with Gasteiger partial charge in [-0.15, -0.1) is 0 Å². The van der Waals surface area contributed by atoms with Crippen molar-refractivity contribution in [1.29, 1.82) is 0 Å². The molecule has 15 heavy (non-hydrogen) atoms. The molecule has 0 aliphatic carbocycles. The molecule has 0 aliphatic rings. The normalized spacial score (nSPS) is 10.6. The van der Waals surface area contributed by atoms with Crippen molar-refractivity contribution in [3.63, 3.8) is 0 Å². The Bertz CT molecular complexity index is 376. The zero-order valence-electron chi connectivity index (χ0n) is 8.99. The van der Waals surface area contributed by atoms with Crippen LogP contribution in [-0.4, -0.2) is 22.8 Å². The van der Waals surface area contributed by atoms with Crippen LogP contribution in [0.2, 0.25) is 0 Å². The van der Waals surface area contributed by atoms with Crippen LogP contribution in [0.25, 0.3) is 0 Å². The van der Waals surface area contributed by atoms with Crippen molar-refractivity contribution in [3.05, 3.63) is 26.8 Å². The maximum absolute atomic E-state index is 11.7. The molecule has 1 heterocycles. The minimum Gasteiger partial charge on any atom is -0.382 e. The van der Waals surface area contributed by atoms with E-state index in [1.165, 1.54) is 6.20 Å². The van der Waals surface area contributed by atoms with E-state index in [1.807, 2.05) is 13.8 Å². The highest BCUT2D eigenvalue weighted by molar-refractivity contribution is 9.10. The van der Waals surface area contributed by atoms with Crippen molar-refractivity contribution in [2.24, 2.45) is 0 Å². The van der Waals surface area contributed by atoms with Gasteiger partial charge in [0.25, 0.3) is 5.56 Å². The number of nitrogens with zero attached hydrogens (tertiary/aromatic N) is 2. The highest BCUT2D eigenvalue weighted by atomic mass is 79.9. The van der Waals surface area contributed by atoms with E-state index in [4.69, 9.17) is 4.74 Å². The molecule has 1 rings (SSSR count). The Morgan fingerprint density at radius 2 is 2.33 bits per heavy atom. The van der Waals surface area contributed by atoms with Crippen LogP contribution in [0.3, 0.4) is 0 Å². The molecular weight excluding hydrogens is 260 g/mol. The van der Waals surface area contributed by atoms with Gasteiger partial charge in [-0.05, 0) is 36.2 Å². The van der Waals surface area contributed by atoms with Gasteiger partial charge in [-0.25, -0.2) is 4.98 Å².